The Morgan fingerprint density at radius 2 is 2.18 bits per heavy atom. The summed E-state index contributed by atoms with van der Waals surface area (Å²) in [4.78, 5) is 10.9. The van der Waals surface area contributed by atoms with Gasteiger partial charge in [-0.15, -0.1) is 0 Å². The molecule has 2 aliphatic heterocycles. The first kappa shape index (κ1) is 7.02. The summed E-state index contributed by atoms with van der Waals surface area (Å²) in [7, 11) is 0. The average Bonchev–Trinajstić information content (AvgIpc) is 2.55. The van der Waals surface area contributed by atoms with Crippen LogP contribution in [0.15, 0.2) is 0 Å². The third kappa shape index (κ3) is 1.22. The SMILES string of the molecule is O=C1OCOC1C1COCO1. The molecule has 2 saturated heterocycles. The Kier molecular flexibility index (Phi) is 1.77. The lowest BCUT2D eigenvalue weighted by molar-refractivity contribution is -0.141. The summed E-state index contributed by atoms with van der Waals surface area (Å²) in [6.45, 7) is 0.668. The van der Waals surface area contributed by atoms with E-state index in [9.17, 15) is 4.79 Å². The van der Waals surface area contributed by atoms with Crippen LogP contribution in [0.5, 0.6) is 0 Å². The standard InChI is InChI=1S/C6H8O5/c7-6-5(10-3-11-6)4-1-8-2-9-4/h4-5H,1-3H2. The topological polar surface area (TPSA) is 54.0 Å². The van der Waals surface area contributed by atoms with E-state index in [1.807, 2.05) is 0 Å². The van der Waals surface area contributed by atoms with Gasteiger partial charge in [0.1, 0.15) is 12.9 Å². The predicted octanol–water partition coefficient (Wildman–Crippen LogP) is -0.741. The van der Waals surface area contributed by atoms with Gasteiger partial charge in [-0.3, -0.25) is 0 Å². The first-order valence-corrected chi connectivity index (χ1v) is 3.35. The fourth-order valence-electron chi connectivity index (χ4n) is 1.10. The molecule has 0 N–H and O–H groups in total. The second kappa shape index (κ2) is 2.77. The number of hydrogen-bond donors (Lipinski definition) is 0. The largest absolute Gasteiger partial charge is 0.436 e. The zero-order valence-corrected chi connectivity index (χ0v) is 5.82. The molecule has 5 heteroatoms. The molecule has 0 amide bonds. The van der Waals surface area contributed by atoms with Crippen molar-refractivity contribution in [2.75, 3.05) is 20.2 Å². The molecule has 0 aliphatic carbocycles. The summed E-state index contributed by atoms with van der Waals surface area (Å²) in [6.07, 6.45) is -0.873. The molecule has 0 radical (unpaired) electrons. The van der Waals surface area contributed by atoms with Crippen molar-refractivity contribution in [3.63, 3.8) is 0 Å². The number of rotatable bonds is 1. The molecule has 0 spiro atoms. The van der Waals surface area contributed by atoms with Gasteiger partial charge in [-0.05, 0) is 0 Å². The van der Waals surface area contributed by atoms with Crippen molar-refractivity contribution in [1.82, 2.24) is 0 Å². The Bertz CT molecular complexity index is 162. The fraction of sp³-hybridized carbons (Fsp3) is 0.833. The average molecular weight is 160 g/mol. The smallest absolute Gasteiger partial charge is 0.340 e. The highest BCUT2D eigenvalue weighted by Crippen LogP contribution is 2.16. The van der Waals surface area contributed by atoms with Crippen molar-refractivity contribution in [2.45, 2.75) is 12.2 Å². The lowest BCUT2D eigenvalue weighted by atomic mass is 10.2. The molecule has 0 aromatic heterocycles. The van der Waals surface area contributed by atoms with Crippen molar-refractivity contribution in [3.8, 4) is 0 Å². The molecule has 2 rings (SSSR count). The van der Waals surface area contributed by atoms with Gasteiger partial charge in [-0.25, -0.2) is 4.79 Å². The van der Waals surface area contributed by atoms with Crippen molar-refractivity contribution < 1.29 is 23.7 Å². The molecule has 2 aliphatic rings. The summed E-state index contributed by atoms with van der Waals surface area (Å²) in [6, 6.07) is 0. The highest BCUT2D eigenvalue weighted by Gasteiger charge is 2.38. The Balaban J connectivity index is 1.97. The van der Waals surface area contributed by atoms with Crippen LogP contribution in [0.2, 0.25) is 0 Å². The first-order valence-electron chi connectivity index (χ1n) is 3.35. The summed E-state index contributed by atoms with van der Waals surface area (Å²) in [5, 5.41) is 0. The lowest BCUT2D eigenvalue weighted by Crippen LogP contribution is -2.33. The number of carbonyl (C=O) groups excluding carboxylic acids is 1. The molecule has 0 aromatic rings. The predicted molar refractivity (Wildman–Crippen MR) is 31.5 cm³/mol. The number of ether oxygens (including phenoxy) is 4. The molecule has 0 aromatic carbocycles. The number of hydrogen-bond acceptors (Lipinski definition) is 5. The van der Waals surface area contributed by atoms with Gasteiger partial charge in [-0.2, -0.15) is 0 Å². The molecule has 0 saturated carbocycles. The molecule has 2 fully saturated rings. The van der Waals surface area contributed by atoms with E-state index in [2.05, 4.69) is 4.74 Å². The van der Waals surface area contributed by atoms with Gasteiger partial charge < -0.3 is 18.9 Å². The minimum absolute atomic E-state index is 0.0311. The molecule has 0 bridgehead atoms. The van der Waals surface area contributed by atoms with Crippen LogP contribution in [0.4, 0.5) is 0 Å². The molecule has 5 nitrogen and oxygen atoms in total. The van der Waals surface area contributed by atoms with Gasteiger partial charge in [0.05, 0.1) is 6.61 Å². The van der Waals surface area contributed by atoms with E-state index in [4.69, 9.17) is 14.2 Å². The lowest BCUT2D eigenvalue weighted by Gasteiger charge is -2.09. The Morgan fingerprint density at radius 1 is 1.27 bits per heavy atom. The van der Waals surface area contributed by atoms with Gasteiger partial charge in [0, 0.05) is 0 Å². The van der Waals surface area contributed by atoms with Crippen LogP contribution in [-0.4, -0.2) is 38.4 Å². The summed E-state index contributed by atoms with van der Waals surface area (Å²) in [5.41, 5.74) is 0. The van der Waals surface area contributed by atoms with Crippen LogP contribution in [0.25, 0.3) is 0 Å². The molecule has 11 heavy (non-hydrogen) atoms. The fourth-order valence-corrected chi connectivity index (χ4v) is 1.10. The molecule has 62 valence electrons. The van der Waals surface area contributed by atoms with E-state index in [1.54, 1.807) is 0 Å². The van der Waals surface area contributed by atoms with Crippen molar-refractivity contribution in [2.24, 2.45) is 0 Å². The van der Waals surface area contributed by atoms with Crippen molar-refractivity contribution >= 4 is 5.97 Å². The van der Waals surface area contributed by atoms with E-state index in [1.165, 1.54) is 0 Å². The highest BCUT2D eigenvalue weighted by atomic mass is 16.8. The van der Waals surface area contributed by atoms with E-state index in [0.717, 1.165) is 0 Å². The normalized spacial score (nSPS) is 37.6. The maximum absolute atomic E-state index is 10.9. The van der Waals surface area contributed by atoms with Crippen LogP contribution in [0.3, 0.4) is 0 Å². The van der Waals surface area contributed by atoms with E-state index in [0.29, 0.717) is 6.61 Å². The summed E-state index contributed by atoms with van der Waals surface area (Å²) in [5.74, 6) is -0.361. The van der Waals surface area contributed by atoms with Gasteiger partial charge in [0.15, 0.2) is 12.9 Å². The minimum atomic E-state index is -0.586. The number of carbonyl (C=O) groups is 1. The second-order valence-corrected chi connectivity index (χ2v) is 2.36. The zero-order chi connectivity index (χ0) is 7.68. The third-order valence-corrected chi connectivity index (χ3v) is 1.67. The minimum Gasteiger partial charge on any atom is -0.436 e. The monoisotopic (exact) mass is 160 g/mol. The van der Waals surface area contributed by atoms with E-state index < -0.39 is 6.10 Å². The summed E-state index contributed by atoms with van der Waals surface area (Å²) < 4.78 is 19.5. The van der Waals surface area contributed by atoms with Crippen molar-refractivity contribution in [3.05, 3.63) is 0 Å². The van der Waals surface area contributed by atoms with Crippen LogP contribution in [0.1, 0.15) is 0 Å². The molecular formula is C6H8O5. The molecule has 2 heterocycles. The second-order valence-electron chi connectivity index (χ2n) is 2.36. The van der Waals surface area contributed by atoms with E-state index >= 15 is 0 Å². The Hall–Kier alpha value is -0.650. The number of esters is 1. The maximum Gasteiger partial charge on any atom is 0.340 e. The van der Waals surface area contributed by atoms with E-state index in [-0.39, 0.29) is 25.7 Å². The number of cyclic esters (lactones) is 1. The third-order valence-electron chi connectivity index (χ3n) is 1.67. The van der Waals surface area contributed by atoms with Gasteiger partial charge >= 0.3 is 5.97 Å². The van der Waals surface area contributed by atoms with Crippen LogP contribution in [-0.2, 0) is 23.7 Å². The van der Waals surface area contributed by atoms with Gasteiger partial charge in [-0.1, -0.05) is 0 Å². The van der Waals surface area contributed by atoms with Crippen molar-refractivity contribution in [1.29, 1.82) is 0 Å². The quantitative estimate of drug-likeness (QED) is 0.473. The maximum atomic E-state index is 10.9. The van der Waals surface area contributed by atoms with Gasteiger partial charge in [0.25, 0.3) is 0 Å². The zero-order valence-electron chi connectivity index (χ0n) is 5.82. The molecular weight excluding hydrogens is 152 g/mol. The Morgan fingerprint density at radius 3 is 2.73 bits per heavy atom. The molecule has 2 atom stereocenters. The molecule has 2 unspecified atom stereocenters. The Labute approximate surface area is 63.2 Å². The highest BCUT2D eigenvalue weighted by molar-refractivity contribution is 5.76. The van der Waals surface area contributed by atoms with Gasteiger partial charge in [0.2, 0.25) is 0 Å². The first-order chi connectivity index (χ1) is 5.38. The van der Waals surface area contributed by atoms with Crippen LogP contribution >= 0.6 is 0 Å². The van der Waals surface area contributed by atoms with Crippen LogP contribution < -0.4 is 0 Å². The van der Waals surface area contributed by atoms with Crippen LogP contribution in [0, 0.1) is 0 Å². The summed E-state index contributed by atoms with van der Waals surface area (Å²) >= 11 is 0.